The van der Waals surface area contributed by atoms with E-state index in [0.717, 1.165) is 11.1 Å². The second kappa shape index (κ2) is 11.6. The molecule has 0 saturated carbocycles. The van der Waals surface area contributed by atoms with Crippen molar-refractivity contribution in [3.8, 4) is 17.2 Å². The second-order valence-electron chi connectivity index (χ2n) is 8.59. The minimum absolute atomic E-state index is 0.0343. The van der Waals surface area contributed by atoms with Gasteiger partial charge in [0.1, 0.15) is 5.75 Å². The molecule has 1 heterocycles. The maximum atomic E-state index is 12.8. The van der Waals surface area contributed by atoms with Crippen LogP contribution >= 0.6 is 0 Å². The number of ether oxygens (including phenoxy) is 3. The van der Waals surface area contributed by atoms with Gasteiger partial charge in [0, 0.05) is 19.6 Å². The van der Waals surface area contributed by atoms with Crippen LogP contribution in [0.15, 0.2) is 36.4 Å². The summed E-state index contributed by atoms with van der Waals surface area (Å²) in [5, 5.41) is 2.72. The number of benzene rings is 2. The molecule has 2 aromatic carbocycles. The van der Waals surface area contributed by atoms with Crippen molar-refractivity contribution in [1.29, 1.82) is 0 Å². The number of rotatable bonds is 11. The van der Waals surface area contributed by atoms with Crippen molar-refractivity contribution < 1.29 is 27.4 Å². The van der Waals surface area contributed by atoms with E-state index in [-0.39, 0.29) is 24.8 Å². The Morgan fingerprint density at radius 1 is 1.06 bits per heavy atom. The van der Waals surface area contributed by atoms with Crippen LogP contribution in [0.3, 0.4) is 0 Å². The Kier molecular flexibility index (Phi) is 8.79. The van der Waals surface area contributed by atoms with E-state index >= 15 is 0 Å². The maximum absolute atomic E-state index is 12.8. The van der Waals surface area contributed by atoms with Crippen molar-refractivity contribution in [3.05, 3.63) is 53.1 Å². The van der Waals surface area contributed by atoms with Gasteiger partial charge < -0.3 is 19.5 Å². The van der Waals surface area contributed by atoms with Crippen molar-refractivity contribution >= 4 is 15.9 Å². The highest BCUT2D eigenvalue weighted by Gasteiger charge is 2.27. The van der Waals surface area contributed by atoms with Crippen molar-refractivity contribution in [2.45, 2.75) is 39.2 Å². The minimum atomic E-state index is -3.45. The fourth-order valence-corrected chi connectivity index (χ4v) is 5.33. The molecule has 1 aliphatic rings. The molecule has 0 saturated heterocycles. The van der Waals surface area contributed by atoms with E-state index in [4.69, 9.17) is 14.2 Å². The molecule has 0 unspecified atom stereocenters. The molecule has 8 nitrogen and oxygen atoms in total. The summed E-state index contributed by atoms with van der Waals surface area (Å²) in [6.45, 7) is 5.10. The lowest BCUT2D eigenvalue weighted by Crippen LogP contribution is -2.38. The Balaban J connectivity index is 1.43. The van der Waals surface area contributed by atoms with Gasteiger partial charge in [-0.25, -0.2) is 8.42 Å². The number of amides is 1. The number of nitrogens with zero attached hydrogens (tertiary/aromatic N) is 1. The van der Waals surface area contributed by atoms with E-state index in [9.17, 15) is 13.2 Å². The van der Waals surface area contributed by atoms with E-state index in [1.807, 2.05) is 36.4 Å². The molecule has 0 aliphatic carbocycles. The molecule has 9 heteroatoms. The lowest BCUT2D eigenvalue weighted by Gasteiger charge is -2.29. The Hall–Kier alpha value is -2.78. The van der Waals surface area contributed by atoms with E-state index in [1.165, 1.54) is 9.87 Å². The van der Waals surface area contributed by atoms with Crippen molar-refractivity contribution in [2.75, 3.05) is 39.7 Å². The number of methoxy groups -OCH3 is 2. The first-order valence-corrected chi connectivity index (χ1v) is 13.1. The highest BCUT2D eigenvalue weighted by molar-refractivity contribution is 7.89. The molecular formula is C25H34N2O6S. The smallest absolute Gasteiger partial charge is 0.257 e. The summed E-state index contributed by atoms with van der Waals surface area (Å²) in [5.74, 6) is 1.97. The molecule has 0 radical (unpaired) electrons. The molecule has 0 fully saturated rings. The zero-order valence-electron chi connectivity index (χ0n) is 20.3. The SMILES string of the molecule is COc1cc2c(cc1OC)CN(S(=O)(=O)CCCNC(=O)COc1ccc(C(C)C)cc1)CC2. The lowest BCUT2D eigenvalue weighted by molar-refractivity contribution is -0.123. The summed E-state index contributed by atoms with van der Waals surface area (Å²) in [7, 11) is -0.306. The summed E-state index contributed by atoms with van der Waals surface area (Å²) in [5.41, 5.74) is 3.18. The highest BCUT2D eigenvalue weighted by atomic mass is 32.2. The summed E-state index contributed by atoms with van der Waals surface area (Å²) >= 11 is 0. The molecule has 0 aromatic heterocycles. The van der Waals surface area contributed by atoms with Crippen LogP contribution in [0.5, 0.6) is 17.2 Å². The van der Waals surface area contributed by atoms with Gasteiger partial charge in [-0.1, -0.05) is 26.0 Å². The van der Waals surface area contributed by atoms with Crippen LogP contribution in [0, 0.1) is 0 Å². The fourth-order valence-electron chi connectivity index (χ4n) is 3.86. The van der Waals surface area contributed by atoms with Gasteiger partial charge in [-0.2, -0.15) is 4.31 Å². The normalized spacial score (nSPS) is 13.9. The third kappa shape index (κ3) is 6.64. The monoisotopic (exact) mass is 490 g/mol. The Morgan fingerprint density at radius 3 is 2.32 bits per heavy atom. The molecule has 34 heavy (non-hydrogen) atoms. The first-order chi connectivity index (χ1) is 16.2. The highest BCUT2D eigenvalue weighted by Crippen LogP contribution is 2.33. The molecule has 1 aliphatic heterocycles. The Morgan fingerprint density at radius 2 is 1.71 bits per heavy atom. The van der Waals surface area contributed by atoms with Crippen LogP contribution in [0.2, 0.25) is 0 Å². The zero-order chi connectivity index (χ0) is 24.7. The third-order valence-corrected chi connectivity index (χ3v) is 7.80. The molecule has 3 rings (SSSR count). The summed E-state index contributed by atoms with van der Waals surface area (Å²) in [4.78, 5) is 12.0. The number of carbonyl (C=O) groups excluding carboxylic acids is 1. The number of hydrogen-bond acceptors (Lipinski definition) is 6. The Labute approximate surface area is 202 Å². The van der Waals surface area contributed by atoms with Crippen LogP contribution < -0.4 is 19.5 Å². The van der Waals surface area contributed by atoms with E-state index in [0.29, 0.717) is 49.1 Å². The number of carbonyl (C=O) groups is 1. The van der Waals surface area contributed by atoms with E-state index in [1.54, 1.807) is 14.2 Å². The molecular weight excluding hydrogens is 456 g/mol. The predicted octanol–water partition coefficient (Wildman–Crippen LogP) is 3.10. The molecule has 0 spiro atoms. The first kappa shape index (κ1) is 25.8. The van der Waals surface area contributed by atoms with Crippen LogP contribution in [0.25, 0.3) is 0 Å². The van der Waals surface area contributed by atoms with Crippen LogP contribution in [0.1, 0.15) is 42.9 Å². The van der Waals surface area contributed by atoms with Gasteiger partial charge in [-0.05, 0) is 59.7 Å². The number of sulfonamides is 1. The predicted molar refractivity (Wildman–Crippen MR) is 131 cm³/mol. The van der Waals surface area contributed by atoms with Gasteiger partial charge in [0.15, 0.2) is 18.1 Å². The topological polar surface area (TPSA) is 94.2 Å². The average Bonchev–Trinajstić information content (AvgIpc) is 2.84. The van der Waals surface area contributed by atoms with Crippen LogP contribution in [-0.2, 0) is 27.8 Å². The first-order valence-electron chi connectivity index (χ1n) is 11.4. The van der Waals surface area contributed by atoms with Crippen molar-refractivity contribution in [3.63, 3.8) is 0 Å². The van der Waals surface area contributed by atoms with Gasteiger partial charge in [0.2, 0.25) is 10.0 Å². The molecule has 1 amide bonds. The number of fused-ring (bicyclic) bond motifs is 1. The largest absolute Gasteiger partial charge is 0.493 e. The number of hydrogen-bond donors (Lipinski definition) is 1. The standard InChI is InChI=1S/C25H34N2O6S/c1-18(2)19-6-8-22(9-7-19)33-17-25(28)26-11-5-13-34(29,30)27-12-10-20-14-23(31-3)24(32-4)15-21(20)16-27/h6-9,14-15,18H,5,10-13,16-17H2,1-4H3,(H,26,28). The summed E-state index contributed by atoms with van der Waals surface area (Å²) < 4.78 is 43.4. The van der Waals surface area contributed by atoms with Crippen LogP contribution in [0.4, 0.5) is 0 Å². The van der Waals surface area contributed by atoms with Crippen molar-refractivity contribution in [1.82, 2.24) is 9.62 Å². The molecule has 0 bridgehead atoms. The van der Waals surface area contributed by atoms with Gasteiger partial charge in [0.25, 0.3) is 5.91 Å². The zero-order valence-corrected chi connectivity index (χ0v) is 21.1. The molecule has 2 aromatic rings. The average molecular weight is 491 g/mol. The van der Waals surface area contributed by atoms with Gasteiger partial charge in [0.05, 0.1) is 20.0 Å². The minimum Gasteiger partial charge on any atom is -0.493 e. The molecule has 1 N–H and O–H groups in total. The maximum Gasteiger partial charge on any atom is 0.257 e. The summed E-state index contributed by atoms with van der Waals surface area (Å²) in [6, 6.07) is 11.4. The third-order valence-electron chi connectivity index (χ3n) is 5.89. The summed E-state index contributed by atoms with van der Waals surface area (Å²) in [6.07, 6.45) is 0.938. The second-order valence-corrected chi connectivity index (χ2v) is 10.7. The van der Waals surface area contributed by atoms with Crippen LogP contribution in [-0.4, -0.2) is 58.3 Å². The van der Waals surface area contributed by atoms with E-state index in [2.05, 4.69) is 19.2 Å². The van der Waals surface area contributed by atoms with E-state index < -0.39 is 10.0 Å². The van der Waals surface area contributed by atoms with Crippen molar-refractivity contribution in [2.24, 2.45) is 0 Å². The quantitative estimate of drug-likeness (QED) is 0.487. The van der Waals surface area contributed by atoms with Gasteiger partial charge in [-0.15, -0.1) is 0 Å². The fraction of sp³-hybridized carbons (Fsp3) is 0.480. The lowest BCUT2D eigenvalue weighted by atomic mass is 10.0. The molecule has 0 atom stereocenters. The number of nitrogens with one attached hydrogen (secondary N) is 1. The van der Waals surface area contributed by atoms with Gasteiger partial charge >= 0.3 is 0 Å². The van der Waals surface area contributed by atoms with Gasteiger partial charge in [-0.3, -0.25) is 4.79 Å². The Bertz CT molecular complexity index is 1080. The molecule has 186 valence electrons.